The van der Waals surface area contributed by atoms with Crippen LogP contribution in [0.5, 0.6) is 5.75 Å². The number of hydrogen-bond donors (Lipinski definition) is 3. The molecule has 0 aromatic heterocycles. The van der Waals surface area contributed by atoms with E-state index >= 15 is 0 Å². The molecule has 2 aliphatic heterocycles. The quantitative estimate of drug-likeness (QED) is 0.407. The Hall–Kier alpha value is -1.84. The fraction of sp³-hybridized carbons (Fsp3) is 0.500. The van der Waals surface area contributed by atoms with Gasteiger partial charge < -0.3 is 25.2 Å². The summed E-state index contributed by atoms with van der Waals surface area (Å²) in [5.74, 6) is 0.852. The summed E-state index contributed by atoms with van der Waals surface area (Å²) in [5, 5.41) is 24.4. The van der Waals surface area contributed by atoms with Crippen molar-refractivity contribution in [3.8, 4) is 5.75 Å². The molecule has 3 N–H and O–H groups in total. The van der Waals surface area contributed by atoms with E-state index in [1.165, 1.54) is 4.90 Å². The highest BCUT2D eigenvalue weighted by Gasteiger charge is 2.33. The third-order valence-corrected chi connectivity index (χ3v) is 7.71. The lowest BCUT2D eigenvalue weighted by molar-refractivity contribution is -0.0223. The Bertz CT molecular complexity index is 999. The van der Waals surface area contributed by atoms with Gasteiger partial charge in [-0.15, -0.1) is 0 Å². The van der Waals surface area contributed by atoms with Crippen molar-refractivity contribution in [1.82, 2.24) is 15.1 Å². The Balaban J connectivity index is 1.27. The Morgan fingerprint density at radius 2 is 1.91 bits per heavy atom. The van der Waals surface area contributed by atoms with Gasteiger partial charge in [-0.2, -0.15) is 0 Å². The Kier molecular flexibility index (Phi) is 8.94. The molecular formula is C26H33BrClN3O4. The second kappa shape index (κ2) is 11.9. The van der Waals surface area contributed by atoms with E-state index in [1.807, 2.05) is 36.4 Å². The zero-order valence-corrected chi connectivity index (χ0v) is 22.1. The highest BCUT2D eigenvalue weighted by atomic mass is 79.9. The molecule has 2 aliphatic rings. The Morgan fingerprint density at radius 1 is 1.17 bits per heavy atom. The zero-order valence-electron chi connectivity index (χ0n) is 19.8. The van der Waals surface area contributed by atoms with E-state index in [-0.39, 0.29) is 6.04 Å². The van der Waals surface area contributed by atoms with Crippen LogP contribution in [0.4, 0.5) is 4.79 Å². The van der Waals surface area contributed by atoms with Gasteiger partial charge in [0.05, 0.1) is 5.60 Å². The van der Waals surface area contributed by atoms with Crippen molar-refractivity contribution in [3.63, 3.8) is 0 Å². The molecule has 2 aromatic rings. The first kappa shape index (κ1) is 26.2. The minimum Gasteiger partial charge on any atom is -0.489 e. The lowest BCUT2D eigenvalue weighted by Crippen LogP contribution is -2.51. The maximum atomic E-state index is 11.3. The van der Waals surface area contributed by atoms with E-state index < -0.39 is 11.7 Å². The zero-order chi connectivity index (χ0) is 24.8. The van der Waals surface area contributed by atoms with E-state index in [9.17, 15) is 15.0 Å². The predicted molar refractivity (Wildman–Crippen MR) is 140 cm³/mol. The highest BCUT2D eigenvalue weighted by molar-refractivity contribution is 9.10. The van der Waals surface area contributed by atoms with Crippen LogP contribution < -0.4 is 10.1 Å². The number of piperidine rings is 1. The monoisotopic (exact) mass is 565 g/mol. The minimum atomic E-state index is -0.856. The van der Waals surface area contributed by atoms with Crippen LogP contribution in [0.2, 0.25) is 5.02 Å². The molecule has 1 atom stereocenters. The van der Waals surface area contributed by atoms with E-state index in [2.05, 4.69) is 32.2 Å². The number of carbonyl (C=O) groups is 1. The number of ether oxygens (including phenoxy) is 1. The number of rotatable bonds is 9. The Labute approximate surface area is 220 Å². The van der Waals surface area contributed by atoms with Crippen molar-refractivity contribution < 1.29 is 19.7 Å². The third kappa shape index (κ3) is 7.33. The van der Waals surface area contributed by atoms with Gasteiger partial charge >= 0.3 is 6.09 Å². The number of hydrogen-bond acceptors (Lipinski definition) is 5. The number of aliphatic hydroxyl groups is 1. The SMILES string of the molecule is O=C(O)N1CCCC1CNCC1(O)CCN(Cc2cc(Br)ccc2OCc2ccc(Cl)cc2)CC1. The van der Waals surface area contributed by atoms with E-state index in [1.54, 1.807) is 0 Å². The van der Waals surface area contributed by atoms with Crippen LogP contribution >= 0.6 is 27.5 Å². The molecule has 2 saturated heterocycles. The van der Waals surface area contributed by atoms with Gasteiger partial charge in [0.25, 0.3) is 0 Å². The molecule has 0 spiro atoms. The van der Waals surface area contributed by atoms with Crippen LogP contribution in [0, 0.1) is 0 Å². The van der Waals surface area contributed by atoms with Gasteiger partial charge in [0.1, 0.15) is 12.4 Å². The van der Waals surface area contributed by atoms with Gasteiger partial charge in [-0.1, -0.05) is 39.7 Å². The van der Waals surface area contributed by atoms with Crippen molar-refractivity contribution in [2.45, 2.75) is 50.5 Å². The molecular weight excluding hydrogens is 534 g/mol. The van der Waals surface area contributed by atoms with E-state index in [0.29, 0.717) is 44.1 Å². The minimum absolute atomic E-state index is 0.000917. The molecule has 0 radical (unpaired) electrons. The maximum absolute atomic E-state index is 11.3. The molecule has 9 heteroatoms. The van der Waals surface area contributed by atoms with Crippen LogP contribution in [0.3, 0.4) is 0 Å². The standard InChI is InChI=1S/C26H33BrClN3O4/c27-21-5-8-24(35-17-19-3-6-22(28)7-4-19)20(14-21)16-30-12-9-26(34,10-13-30)18-29-15-23-2-1-11-31(23)25(32)33/h3-8,14,23,29,34H,1-2,9-13,15-18H2,(H,32,33). The molecule has 190 valence electrons. The van der Waals surface area contributed by atoms with Gasteiger partial charge in [0.15, 0.2) is 0 Å². The lowest BCUT2D eigenvalue weighted by Gasteiger charge is -2.39. The summed E-state index contributed by atoms with van der Waals surface area (Å²) in [5.41, 5.74) is 1.39. The fourth-order valence-corrected chi connectivity index (χ4v) is 5.40. The third-order valence-electron chi connectivity index (χ3n) is 6.97. The summed E-state index contributed by atoms with van der Waals surface area (Å²) in [4.78, 5) is 15.2. The van der Waals surface area contributed by atoms with Gasteiger partial charge in [-0.25, -0.2) is 4.79 Å². The predicted octanol–water partition coefficient (Wildman–Crippen LogP) is 4.74. The number of amides is 1. The van der Waals surface area contributed by atoms with Crippen LogP contribution in [0.1, 0.15) is 36.8 Å². The molecule has 2 aromatic carbocycles. The molecule has 2 fully saturated rings. The molecule has 1 amide bonds. The van der Waals surface area contributed by atoms with Gasteiger partial charge in [0, 0.05) is 60.4 Å². The average molecular weight is 567 g/mol. The fourth-order valence-electron chi connectivity index (χ4n) is 4.87. The summed E-state index contributed by atoms with van der Waals surface area (Å²) in [7, 11) is 0. The topological polar surface area (TPSA) is 85.3 Å². The summed E-state index contributed by atoms with van der Waals surface area (Å²) in [6.45, 7) is 4.45. The molecule has 2 heterocycles. The first-order valence-electron chi connectivity index (χ1n) is 12.1. The van der Waals surface area contributed by atoms with Crippen molar-refractivity contribution in [2.24, 2.45) is 0 Å². The smallest absolute Gasteiger partial charge is 0.407 e. The van der Waals surface area contributed by atoms with Crippen LogP contribution in [0.25, 0.3) is 0 Å². The number of carboxylic acid groups (broad SMARTS) is 1. The molecule has 0 aliphatic carbocycles. The number of nitrogens with one attached hydrogen (secondary N) is 1. The second-order valence-electron chi connectivity index (χ2n) is 9.57. The number of halogens is 2. The van der Waals surface area contributed by atoms with Crippen molar-refractivity contribution in [1.29, 1.82) is 0 Å². The molecule has 4 rings (SSSR count). The second-order valence-corrected chi connectivity index (χ2v) is 10.9. The number of benzene rings is 2. The van der Waals surface area contributed by atoms with Crippen LogP contribution in [-0.4, -0.2) is 70.5 Å². The normalized spacial score (nSPS) is 20.2. The van der Waals surface area contributed by atoms with Crippen molar-refractivity contribution in [2.75, 3.05) is 32.7 Å². The maximum Gasteiger partial charge on any atom is 0.407 e. The molecule has 0 bridgehead atoms. The molecule has 7 nitrogen and oxygen atoms in total. The number of nitrogens with zero attached hydrogens (tertiary/aromatic N) is 2. The van der Waals surface area contributed by atoms with Gasteiger partial charge in [-0.3, -0.25) is 4.90 Å². The first-order chi connectivity index (χ1) is 16.8. The summed E-state index contributed by atoms with van der Waals surface area (Å²) in [6, 6.07) is 13.7. The largest absolute Gasteiger partial charge is 0.489 e. The Morgan fingerprint density at radius 3 is 2.63 bits per heavy atom. The van der Waals surface area contributed by atoms with Gasteiger partial charge in [-0.05, 0) is 61.6 Å². The van der Waals surface area contributed by atoms with Crippen molar-refractivity contribution in [3.05, 3.63) is 63.1 Å². The van der Waals surface area contributed by atoms with Crippen LogP contribution in [0.15, 0.2) is 46.9 Å². The van der Waals surface area contributed by atoms with E-state index in [0.717, 1.165) is 53.8 Å². The molecule has 0 saturated carbocycles. The van der Waals surface area contributed by atoms with Crippen molar-refractivity contribution >= 4 is 33.6 Å². The summed E-state index contributed by atoms with van der Waals surface area (Å²) < 4.78 is 7.14. The average Bonchev–Trinajstić information content (AvgIpc) is 3.30. The van der Waals surface area contributed by atoms with Gasteiger partial charge in [0.2, 0.25) is 0 Å². The molecule has 35 heavy (non-hydrogen) atoms. The first-order valence-corrected chi connectivity index (χ1v) is 13.3. The summed E-state index contributed by atoms with van der Waals surface area (Å²) in [6.07, 6.45) is 2.26. The number of likely N-dealkylation sites (tertiary alicyclic amines) is 2. The lowest BCUT2D eigenvalue weighted by atomic mass is 9.91. The van der Waals surface area contributed by atoms with E-state index in [4.69, 9.17) is 16.3 Å². The van der Waals surface area contributed by atoms with Crippen LogP contribution in [-0.2, 0) is 13.2 Å². The molecule has 1 unspecified atom stereocenters. The highest BCUT2D eigenvalue weighted by Crippen LogP contribution is 2.29. The summed E-state index contributed by atoms with van der Waals surface area (Å²) >= 11 is 9.55.